The van der Waals surface area contributed by atoms with Gasteiger partial charge in [0.2, 0.25) is 0 Å². The quantitative estimate of drug-likeness (QED) is 0.761. The minimum absolute atomic E-state index is 0.412. The van der Waals surface area contributed by atoms with Gasteiger partial charge in [0.1, 0.15) is 18.6 Å². The fourth-order valence-electron chi connectivity index (χ4n) is 1.09. The van der Waals surface area contributed by atoms with Crippen molar-refractivity contribution < 1.29 is 9.26 Å². The zero-order valence-corrected chi connectivity index (χ0v) is 7.88. The van der Waals surface area contributed by atoms with Gasteiger partial charge >= 0.3 is 0 Å². The topological polar surface area (TPSA) is 59.0 Å². The van der Waals surface area contributed by atoms with Crippen LogP contribution in [0.2, 0.25) is 0 Å². The molecule has 0 saturated heterocycles. The Balaban J connectivity index is 1.97. The summed E-state index contributed by atoms with van der Waals surface area (Å²) in [6, 6.07) is 8.98. The van der Waals surface area contributed by atoms with E-state index in [1.807, 2.05) is 6.07 Å². The smallest absolute Gasteiger partial charge is 0.130 e. The molecule has 74 valence electrons. The summed E-state index contributed by atoms with van der Waals surface area (Å²) >= 11 is 0. The van der Waals surface area contributed by atoms with Crippen molar-refractivity contribution in [3.63, 3.8) is 0 Å². The van der Waals surface area contributed by atoms with Gasteiger partial charge in [-0.1, -0.05) is 5.16 Å². The minimum Gasteiger partial charge on any atom is -0.489 e. The van der Waals surface area contributed by atoms with E-state index in [9.17, 15) is 0 Å². The van der Waals surface area contributed by atoms with Gasteiger partial charge in [-0.3, -0.25) is 0 Å². The molecule has 0 spiro atoms. The molecule has 0 bridgehead atoms. The van der Waals surface area contributed by atoms with E-state index in [4.69, 9.17) is 10.00 Å². The number of hydrogen-bond donors (Lipinski definition) is 0. The molecule has 0 aliphatic heterocycles. The molecule has 0 aliphatic carbocycles. The lowest BCUT2D eigenvalue weighted by molar-refractivity contribution is 0.304. The fraction of sp³-hybridized carbons (Fsp3) is 0.0909. The summed E-state index contributed by atoms with van der Waals surface area (Å²) in [7, 11) is 0. The lowest BCUT2D eigenvalue weighted by Crippen LogP contribution is -1.93. The van der Waals surface area contributed by atoms with E-state index in [2.05, 4.69) is 9.68 Å². The summed E-state index contributed by atoms with van der Waals surface area (Å²) in [6.45, 7) is 0.412. The molecule has 0 amide bonds. The third-order valence-corrected chi connectivity index (χ3v) is 1.87. The lowest BCUT2D eigenvalue weighted by atomic mass is 10.2. The normalized spacial score (nSPS) is 9.53. The van der Waals surface area contributed by atoms with Crippen molar-refractivity contribution in [3.8, 4) is 11.8 Å². The SMILES string of the molecule is N#Cc1ccc(OCc2cnoc2)cc1. The Morgan fingerprint density at radius 2 is 2.13 bits per heavy atom. The van der Waals surface area contributed by atoms with Crippen LogP contribution >= 0.6 is 0 Å². The molecule has 0 unspecified atom stereocenters. The van der Waals surface area contributed by atoms with E-state index >= 15 is 0 Å². The number of rotatable bonds is 3. The maximum absolute atomic E-state index is 8.60. The fourth-order valence-corrected chi connectivity index (χ4v) is 1.09. The summed E-state index contributed by atoms with van der Waals surface area (Å²) in [5, 5.41) is 12.2. The van der Waals surface area contributed by atoms with Gasteiger partial charge in [0.25, 0.3) is 0 Å². The average Bonchev–Trinajstić information content (AvgIpc) is 2.80. The Morgan fingerprint density at radius 3 is 2.73 bits per heavy atom. The third kappa shape index (κ3) is 2.35. The molecule has 0 atom stereocenters. The molecule has 4 nitrogen and oxygen atoms in total. The first-order valence-electron chi connectivity index (χ1n) is 4.40. The molecule has 0 N–H and O–H groups in total. The monoisotopic (exact) mass is 200 g/mol. The largest absolute Gasteiger partial charge is 0.489 e. The van der Waals surface area contributed by atoms with Gasteiger partial charge < -0.3 is 9.26 Å². The Kier molecular flexibility index (Phi) is 2.65. The second-order valence-corrected chi connectivity index (χ2v) is 2.96. The van der Waals surface area contributed by atoms with Crippen molar-refractivity contribution in [2.75, 3.05) is 0 Å². The standard InChI is InChI=1S/C11H8N2O2/c12-5-9-1-3-11(4-2-9)14-7-10-6-13-15-8-10/h1-4,6,8H,7H2. The number of nitrogens with zero attached hydrogens (tertiary/aromatic N) is 2. The van der Waals surface area contributed by atoms with Crippen molar-refractivity contribution >= 4 is 0 Å². The van der Waals surface area contributed by atoms with E-state index in [-0.39, 0.29) is 0 Å². The third-order valence-electron chi connectivity index (χ3n) is 1.87. The van der Waals surface area contributed by atoms with Crippen LogP contribution in [0.15, 0.2) is 41.2 Å². The first-order chi connectivity index (χ1) is 7.38. The summed E-state index contributed by atoms with van der Waals surface area (Å²) in [5.41, 5.74) is 1.49. The first-order valence-corrected chi connectivity index (χ1v) is 4.40. The van der Waals surface area contributed by atoms with Gasteiger partial charge in [-0.2, -0.15) is 5.26 Å². The van der Waals surface area contributed by atoms with Gasteiger partial charge in [-0.25, -0.2) is 0 Å². The van der Waals surface area contributed by atoms with E-state index < -0.39 is 0 Å². The van der Waals surface area contributed by atoms with Crippen LogP contribution in [0.3, 0.4) is 0 Å². The molecule has 2 rings (SSSR count). The Bertz CT molecular complexity index is 454. The number of nitriles is 1. The van der Waals surface area contributed by atoms with E-state index in [0.29, 0.717) is 12.2 Å². The summed E-state index contributed by atoms with van der Waals surface area (Å²) in [4.78, 5) is 0. The highest BCUT2D eigenvalue weighted by molar-refractivity contribution is 5.34. The van der Waals surface area contributed by atoms with Crippen LogP contribution in [0.4, 0.5) is 0 Å². The van der Waals surface area contributed by atoms with Gasteiger partial charge in [0.15, 0.2) is 0 Å². The molecule has 1 aromatic carbocycles. The van der Waals surface area contributed by atoms with Crippen molar-refractivity contribution in [1.82, 2.24) is 5.16 Å². The molecule has 0 saturated carbocycles. The van der Waals surface area contributed by atoms with Crippen LogP contribution in [0.5, 0.6) is 5.75 Å². The molecule has 1 heterocycles. The molecule has 0 fully saturated rings. The second-order valence-electron chi connectivity index (χ2n) is 2.96. The predicted octanol–water partition coefficient (Wildman–Crippen LogP) is 2.13. The highest BCUT2D eigenvalue weighted by Gasteiger charge is 1.98. The van der Waals surface area contributed by atoms with E-state index in [0.717, 1.165) is 11.3 Å². The maximum atomic E-state index is 8.60. The zero-order valence-electron chi connectivity index (χ0n) is 7.88. The van der Waals surface area contributed by atoms with Crippen LogP contribution in [-0.4, -0.2) is 5.16 Å². The molecule has 0 aliphatic rings. The summed E-state index contributed by atoms with van der Waals surface area (Å²) < 4.78 is 10.1. The predicted molar refractivity (Wildman–Crippen MR) is 52.0 cm³/mol. The van der Waals surface area contributed by atoms with Crippen LogP contribution < -0.4 is 4.74 Å². The Hall–Kier alpha value is -2.28. The Morgan fingerprint density at radius 1 is 1.33 bits per heavy atom. The van der Waals surface area contributed by atoms with Gasteiger partial charge in [-0.05, 0) is 24.3 Å². The van der Waals surface area contributed by atoms with Crippen molar-refractivity contribution in [2.45, 2.75) is 6.61 Å². The van der Waals surface area contributed by atoms with Gasteiger partial charge in [-0.15, -0.1) is 0 Å². The summed E-state index contributed by atoms with van der Waals surface area (Å²) in [5.74, 6) is 0.718. The summed E-state index contributed by atoms with van der Waals surface area (Å²) in [6.07, 6.45) is 3.13. The van der Waals surface area contributed by atoms with Crippen molar-refractivity contribution in [2.24, 2.45) is 0 Å². The molecule has 2 aromatic rings. The lowest BCUT2D eigenvalue weighted by Gasteiger charge is -2.03. The molecular formula is C11H8N2O2. The van der Waals surface area contributed by atoms with Crippen LogP contribution in [0, 0.1) is 11.3 Å². The minimum atomic E-state index is 0.412. The zero-order chi connectivity index (χ0) is 10.5. The molecule has 0 radical (unpaired) electrons. The average molecular weight is 200 g/mol. The van der Waals surface area contributed by atoms with Gasteiger partial charge in [0, 0.05) is 5.56 Å². The highest BCUT2D eigenvalue weighted by atomic mass is 16.5. The Labute approximate surface area is 86.7 Å². The first kappa shape index (κ1) is 9.28. The molecule has 4 heteroatoms. The maximum Gasteiger partial charge on any atom is 0.130 e. The second kappa shape index (κ2) is 4.29. The van der Waals surface area contributed by atoms with Crippen LogP contribution in [-0.2, 0) is 6.61 Å². The highest BCUT2D eigenvalue weighted by Crippen LogP contribution is 2.13. The number of hydrogen-bond acceptors (Lipinski definition) is 4. The van der Waals surface area contributed by atoms with Crippen molar-refractivity contribution in [1.29, 1.82) is 5.26 Å². The number of aromatic nitrogens is 1. The van der Waals surface area contributed by atoms with Crippen molar-refractivity contribution in [3.05, 3.63) is 47.9 Å². The number of benzene rings is 1. The molecular weight excluding hydrogens is 192 g/mol. The van der Waals surface area contributed by atoms with Crippen LogP contribution in [0.1, 0.15) is 11.1 Å². The molecule has 15 heavy (non-hydrogen) atoms. The van der Waals surface area contributed by atoms with Gasteiger partial charge in [0.05, 0.1) is 17.8 Å². The van der Waals surface area contributed by atoms with E-state index in [1.165, 1.54) is 6.26 Å². The van der Waals surface area contributed by atoms with Crippen LogP contribution in [0.25, 0.3) is 0 Å². The molecule has 1 aromatic heterocycles. The number of ether oxygens (including phenoxy) is 1. The van der Waals surface area contributed by atoms with E-state index in [1.54, 1.807) is 30.5 Å².